The highest BCUT2D eigenvalue weighted by atomic mass is 19.1. The van der Waals surface area contributed by atoms with Gasteiger partial charge in [-0.25, -0.2) is 9.18 Å². The molecule has 0 saturated carbocycles. The molecule has 144 valence electrons. The van der Waals surface area contributed by atoms with Gasteiger partial charge in [0.05, 0.1) is 13.0 Å². The Labute approximate surface area is 154 Å². The zero-order chi connectivity index (χ0) is 18.9. The Morgan fingerprint density at radius 1 is 1.15 bits per heavy atom. The van der Waals surface area contributed by atoms with E-state index in [1.54, 1.807) is 28.0 Å². The van der Waals surface area contributed by atoms with Gasteiger partial charge in [0, 0.05) is 39.3 Å². The van der Waals surface area contributed by atoms with E-state index in [1.165, 1.54) is 6.07 Å². The quantitative estimate of drug-likeness (QED) is 0.751. The normalized spacial score (nSPS) is 14.6. The highest BCUT2D eigenvalue weighted by molar-refractivity contribution is 5.79. The van der Waals surface area contributed by atoms with Gasteiger partial charge in [-0.3, -0.25) is 4.79 Å². The number of hydrogen-bond acceptors (Lipinski definition) is 3. The average Bonchev–Trinajstić information content (AvgIpc) is 2.63. The summed E-state index contributed by atoms with van der Waals surface area (Å²) in [4.78, 5) is 27.8. The monoisotopic (exact) mass is 365 g/mol. The largest absolute Gasteiger partial charge is 0.379 e. The second-order valence-corrected chi connectivity index (χ2v) is 6.84. The number of nitrogens with zero attached hydrogens (tertiary/aromatic N) is 2. The van der Waals surface area contributed by atoms with Crippen LogP contribution in [0.2, 0.25) is 0 Å². The summed E-state index contributed by atoms with van der Waals surface area (Å²) >= 11 is 0. The first-order valence-corrected chi connectivity index (χ1v) is 9.09. The summed E-state index contributed by atoms with van der Waals surface area (Å²) in [6.07, 6.45) is 0.0477. The molecule has 0 atom stereocenters. The standard InChI is InChI=1S/C19H28FN3O3/c1-15(2)14-26-12-7-21-19(25)23-10-8-22(9-11-23)18(24)13-16-5-3-4-6-17(16)20/h3-6,15H,7-14H2,1-2H3,(H,21,25). The molecule has 0 unspecified atom stereocenters. The van der Waals surface area contributed by atoms with Crippen LogP contribution in [-0.2, 0) is 16.0 Å². The van der Waals surface area contributed by atoms with Gasteiger partial charge in [-0.15, -0.1) is 0 Å². The van der Waals surface area contributed by atoms with Gasteiger partial charge in [0.25, 0.3) is 0 Å². The Morgan fingerprint density at radius 2 is 1.81 bits per heavy atom. The summed E-state index contributed by atoms with van der Waals surface area (Å²) in [6.45, 7) is 7.66. The molecule has 1 heterocycles. The molecule has 1 saturated heterocycles. The van der Waals surface area contributed by atoms with Crippen molar-refractivity contribution >= 4 is 11.9 Å². The molecule has 1 aromatic carbocycles. The van der Waals surface area contributed by atoms with Gasteiger partial charge in [0.1, 0.15) is 5.82 Å². The van der Waals surface area contributed by atoms with Crippen LogP contribution in [0.25, 0.3) is 0 Å². The van der Waals surface area contributed by atoms with Crippen LogP contribution in [0.15, 0.2) is 24.3 Å². The first-order valence-electron chi connectivity index (χ1n) is 9.09. The molecule has 0 spiro atoms. The third-order valence-corrected chi connectivity index (χ3v) is 4.19. The van der Waals surface area contributed by atoms with Crippen molar-refractivity contribution < 1.29 is 18.7 Å². The fourth-order valence-corrected chi connectivity index (χ4v) is 2.74. The van der Waals surface area contributed by atoms with Gasteiger partial charge < -0.3 is 19.9 Å². The summed E-state index contributed by atoms with van der Waals surface area (Å²) in [5.74, 6) is -0.00327. The molecule has 6 nitrogen and oxygen atoms in total. The van der Waals surface area contributed by atoms with E-state index in [2.05, 4.69) is 19.2 Å². The van der Waals surface area contributed by atoms with Gasteiger partial charge in [-0.05, 0) is 17.5 Å². The van der Waals surface area contributed by atoms with E-state index in [1.807, 2.05) is 0 Å². The number of carbonyl (C=O) groups is 2. The number of urea groups is 1. The zero-order valence-corrected chi connectivity index (χ0v) is 15.5. The molecule has 0 aromatic heterocycles. The van der Waals surface area contributed by atoms with E-state index in [0.717, 1.165) is 0 Å². The number of amides is 3. The number of piperazine rings is 1. The third kappa shape index (κ3) is 6.29. The fraction of sp³-hybridized carbons (Fsp3) is 0.579. The predicted octanol–water partition coefficient (Wildman–Crippen LogP) is 1.89. The molecule has 0 radical (unpaired) electrons. The molecule has 1 aliphatic rings. The van der Waals surface area contributed by atoms with Crippen molar-refractivity contribution in [2.75, 3.05) is 45.9 Å². The van der Waals surface area contributed by atoms with E-state index in [4.69, 9.17) is 4.74 Å². The molecule has 1 aromatic rings. The smallest absolute Gasteiger partial charge is 0.317 e. The molecule has 3 amide bonds. The summed E-state index contributed by atoms with van der Waals surface area (Å²) in [5, 5.41) is 2.83. The van der Waals surface area contributed by atoms with Crippen LogP contribution in [0.1, 0.15) is 19.4 Å². The average molecular weight is 365 g/mol. The molecular weight excluding hydrogens is 337 g/mol. The maximum Gasteiger partial charge on any atom is 0.317 e. The van der Waals surface area contributed by atoms with Gasteiger partial charge in [0.2, 0.25) is 5.91 Å². The second-order valence-electron chi connectivity index (χ2n) is 6.84. The highest BCUT2D eigenvalue weighted by Crippen LogP contribution is 2.10. The van der Waals surface area contributed by atoms with Crippen molar-refractivity contribution in [1.82, 2.24) is 15.1 Å². The van der Waals surface area contributed by atoms with Crippen molar-refractivity contribution in [3.8, 4) is 0 Å². The predicted molar refractivity (Wildman–Crippen MR) is 97.3 cm³/mol. The molecular formula is C19H28FN3O3. The zero-order valence-electron chi connectivity index (χ0n) is 15.5. The highest BCUT2D eigenvalue weighted by Gasteiger charge is 2.24. The molecule has 0 bridgehead atoms. The number of ether oxygens (including phenoxy) is 1. The van der Waals surface area contributed by atoms with Crippen molar-refractivity contribution in [3.05, 3.63) is 35.6 Å². The Bertz CT molecular complexity index is 601. The van der Waals surface area contributed by atoms with Crippen molar-refractivity contribution in [2.45, 2.75) is 20.3 Å². The van der Waals surface area contributed by atoms with Gasteiger partial charge >= 0.3 is 6.03 Å². The number of halogens is 1. The Balaban J connectivity index is 1.68. The van der Waals surface area contributed by atoms with Crippen LogP contribution in [-0.4, -0.2) is 67.7 Å². The SMILES string of the molecule is CC(C)COCCNC(=O)N1CCN(C(=O)Cc2ccccc2F)CC1. The van der Waals surface area contributed by atoms with Crippen LogP contribution in [0.3, 0.4) is 0 Å². The topological polar surface area (TPSA) is 61.9 Å². The first kappa shape index (κ1) is 20.2. The molecule has 2 rings (SSSR count). The maximum atomic E-state index is 13.7. The Morgan fingerprint density at radius 3 is 2.46 bits per heavy atom. The summed E-state index contributed by atoms with van der Waals surface area (Å²) in [7, 11) is 0. The minimum atomic E-state index is -0.362. The lowest BCUT2D eigenvalue weighted by atomic mass is 10.1. The fourth-order valence-electron chi connectivity index (χ4n) is 2.74. The van der Waals surface area contributed by atoms with Crippen LogP contribution in [0.4, 0.5) is 9.18 Å². The van der Waals surface area contributed by atoms with E-state index in [9.17, 15) is 14.0 Å². The minimum Gasteiger partial charge on any atom is -0.379 e. The van der Waals surface area contributed by atoms with Gasteiger partial charge in [0.15, 0.2) is 0 Å². The lowest BCUT2D eigenvalue weighted by Gasteiger charge is -2.34. The van der Waals surface area contributed by atoms with Crippen LogP contribution >= 0.6 is 0 Å². The van der Waals surface area contributed by atoms with Crippen molar-refractivity contribution in [3.63, 3.8) is 0 Å². The van der Waals surface area contributed by atoms with E-state index < -0.39 is 0 Å². The summed E-state index contributed by atoms with van der Waals surface area (Å²) < 4.78 is 19.1. The van der Waals surface area contributed by atoms with E-state index in [0.29, 0.717) is 57.4 Å². The van der Waals surface area contributed by atoms with Crippen LogP contribution < -0.4 is 5.32 Å². The van der Waals surface area contributed by atoms with E-state index >= 15 is 0 Å². The molecule has 1 fully saturated rings. The number of nitrogens with one attached hydrogen (secondary N) is 1. The Kier molecular flexibility index (Phi) is 7.84. The third-order valence-electron chi connectivity index (χ3n) is 4.19. The summed E-state index contributed by atoms with van der Waals surface area (Å²) in [6, 6.07) is 6.17. The lowest BCUT2D eigenvalue weighted by Crippen LogP contribution is -2.53. The number of carbonyl (C=O) groups excluding carboxylic acids is 2. The number of benzene rings is 1. The molecule has 26 heavy (non-hydrogen) atoms. The number of rotatable bonds is 7. The summed E-state index contributed by atoms with van der Waals surface area (Å²) in [5.41, 5.74) is 0.402. The second kappa shape index (κ2) is 10.1. The van der Waals surface area contributed by atoms with Crippen molar-refractivity contribution in [1.29, 1.82) is 0 Å². The maximum absolute atomic E-state index is 13.7. The lowest BCUT2D eigenvalue weighted by molar-refractivity contribution is -0.131. The van der Waals surface area contributed by atoms with Crippen LogP contribution in [0, 0.1) is 11.7 Å². The molecule has 0 aliphatic carbocycles. The van der Waals surface area contributed by atoms with E-state index in [-0.39, 0.29) is 24.2 Å². The first-order chi connectivity index (χ1) is 12.5. The van der Waals surface area contributed by atoms with Crippen LogP contribution in [0.5, 0.6) is 0 Å². The number of hydrogen-bond donors (Lipinski definition) is 1. The van der Waals surface area contributed by atoms with Gasteiger partial charge in [-0.2, -0.15) is 0 Å². The minimum absolute atomic E-state index is 0.0477. The molecule has 1 N–H and O–H groups in total. The van der Waals surface area contributed by atoms with Gasteiger partial charge in [-0.1, -0.05) is 32.0 Å². The molecule has 7 heteroatoms. The Hall–Kier alpha value is -2.15. The molecule has 1 aliphatic heterocycles. The van der Waals surface area contributed by atoms with Crippen molar-refractivity contribution in [2.24, 2.45) is 5.92 Å².